The molecule has 0 aromatic heterocycles. The first kappa shape index (κ1) is 15.1. The van der Waals surface area contributed by atoms with Gasteiger partial charge in [-0.2, -0.15) is 13.2 Å². The van der Waals surface area contributed by atoms with E-state index >= 15 is 0 Å². The van der Waals surface area contributed by atoms with Crippen LogP contribution in [0, 0.1) is 0 Å². The van der Waals surface area contributed by atoms with Crippen LogP contribution >= 0.6 is 11.6 Å². The predicted octanol–water partition coefficient (Wildman–Crippen LogP) is 2.28. The van der Waals surface area contributed by atoms with Crippen molar-refractivity contribution in [2.24, 2.45) is 0 Å². The molecule has 0 heterocycles. The van der Waals surface area contributed by atoms with Crippen LogP contribution in [-0.2, 0) is 5.60 Å². The Hall–Kier alpha value is -0.980. The van der Waals surface area contributed by atoms with Crippen molar-refractivity contribution >= 4 is 17.3 Å². The minimum absolute atomic E-state index is 0.0818. The Balaban J connectivity index is 3.29. The van der Waals surface area contributed by atoms with E-state index < -0.39 is 23.9 Å². The van der Waals surface area contributed by atoms with Crippen molar-refractivity contribution in [3.05, 3.63) is 28.8 Å². The Labute approximate surface area is 108 Å². The van der Waals surface area contributed by atoms with Gasteiger partial charge in [0.2, 0.25) is 0 Å². The maximum atomic E-state index is 13.0. The molecule has 0 fully saturated rings. The van der Waals surface area contributed by atoms with Crippen LogP contribution in [0.1, 0.15) is 12.5 Å². The maximum Gasteiger partial charge on any atom is 0.422 e. The van der Waals surface area contributed by atoms with E-state index in [1.807, 2.05) is 0 Å². The van der Waals surface area contributed by atoms with Gasteiger partial charge in [0.25, 0.3) is 0 Å². The van der Waals surface area contributed by atoms with Crippen molar-refractivity contribution < 1.29 is 18.3 Å². The fourth-order valence-corrected chi connectivity index (χ4v) is 1.71. The summed E-state index contributed by atoms with van der Waals surface area (Å²) in [6.07, 6.45) is -4.85. The molecule has 1 unspecified atom stereocenters. The van der Waals surface area contributed by atoms with E-state index in [0.29, 0.717) is 6.54 Å². The largest absolute Gasteiger partial charge is 0.422 e. The average Bonchev–Trinajstić information content (AvgIpc) is 2.27. The van der Waals surface area contributed by atoms with Crippen molar-refractivity contribution in [1.82, 2.24) is 5.32 Å². The van der Waals surface area contributed by atoms with Gasteiger partial charge >= 0.3 is 6.18 Å². The molecular formula is C11H14ClF3N2O. The number of alkyl halides is 3. The molecule has 0 radical (unpaired) electrons. The zero-order chi connectivity index (χ0) is 14.0. The molecule has 1 aromatic rings. The molecule has 1 atom stereocenters. The van der Waals surface area contributed by atoms with Crippen molar-refractivity contribution in [2.75, 3.05) is 18.8 Å². The number of hydrogen-bond acceptors (Lipinski definition) is 3. The maximum absolute atomic E-state index is 13.0. The van der Waals surface area contributed by atoms with Gasteiger partial charge in [-0.1, -0.05) is 18.5 Å². The van der Waals surface area contributed by atoms with Crippen molar-refractivity contribution in [3.63, 3.8) is 0 Å². The zero-order valence-corrected chi connectivity index (χ0v) is 10.4. The molecule has 0 aliphatic heterocycles. The van der Waals surface area contributed by atoms with Crippen molar-refractivity contribution in [3.8, 4) is 0 Å². The minimum Gasteiger partial charge on any atom is -0.398 e. The Morgan fingerprint density at radius 1 is 1.39 bits per heavy atom. The molecule has 4 N–H and O–H groups in total. The number of anilines is 1. The number of nitrogens with one attached hydrogen (secondary N) is 1. The Kier molecular flexibility index (Phi) is 4.47. The first-order chi connectivity index (χ1) is 8.22. The smallest absolute Gasteiger partial charge is 0.398 e. The van der Waals surface area contributed by atoms with Crippen LogP contribution in [0.4, 0.5) is 18.9 Å². The number of aliphatic hydroxyl groups is 1. The van der Waals surface area contributed by atoms with Crippen molar-refractivity contribution in [2.45, 2.75) is 18.7 Å². The van der Waals surface area contributed by atoms with Gasteiger partial charge < -0.3 is 16.2 Å². The lowest BCUT2D eigenvalue weighted by molar-refractivity contribution is -0.264. The third-order valence-electron chi connectivity index (χ3n) is 2.56. The normalized spacial score (nSPS) is 15.4. The van der Waals surface area contributed by atoms with Gasteiger partial charge in [0.05, 0.1) is 0 Å². The van der Waals surface area contributed by atoms with Gasteiger partial charge in [0, 0.05) is 22.8 Å². The highest BCUT2D eigenvalue weighted by Gasteiger charge is 2.55. The van der Waals surface area contributed by atoms with Gasteiger partial charge in [-0.25, -0.2) is 0 Å². The zero-order valence-electron chi connectivity index (χ0n) is 9.68. The van der Waals surface area contributed by atoms with E-state index in [1.165, 1.54) is 12.1 Å². The van der Waals surface area contributed by atoms with Crippen LogP contribution in [0.3, 0.4) is 0 Å². The second-order valence-electron chi connectivity index (χ2n) is 3.87. The number of halogens is 4. The molecule has 7 heteroatoms. The SMILES string of the molecule is CCNCC(O)(c1cc(Cl)ccc1N)C(F)(F)F. The minimum atomic E-state index is -4.85. The molecule has 1 rings (SSSR count). The van der Waals surface area contributed by atoms with Gasteiger partial charge in [-0.3, -0.25) is 0 Å². The topological polar surface area (TPSA) is 58.3 Å². The van der Waals surface area contributed by atoms with Crippen LogP contribution in [0.5, 0.6) is 0 Å². The van der Waals surface area contributed by atoms with Gasteiger partial charge in [-0.05, 0) is 24.7 Å². The van der Waals surface area contributed by atoms with E-state index in [-0.39, 0.29) is 10.7 Å². The monoisotopic (exact) mass is 282 g/mol. The highest BCUT2D eigenvalue weighted by Crippen LogP contribution is 2.41. The second kappa shape index (κ2) is 5.34. The molecule has 18 heavy (non-hydrogen) atoms. The molecule has 0 aliphatic rings. The molecule has 0 amide bonds. The van der Waals surface area contributed by atoms with Gasteiger partial charge in [-0.15, -0.1) is 0 Å². The summed E-state index contributed by atoms with van der Waals surface area (Å²) in [4.78, 5) is 0. The van der Waals surface area contributed by atoms with E-state index in [1.54, 1.807) is 6.92 Å². The van der Waals surface area contributed by atoms with Crippen LogP contribution in [-0.4, -0.2) is 24.4 Å². The number of benzene rings is 1. The molecule has 0 aliphatic carbocycles. The second-order valence-corrected chi connectivity index (χ2v) is 4.31. The molecular weight excluding hydrogens is 269 g/mol. The van der Waals surface area contributed by atoms with Crippen molar-refractivity contribution in [1.29, 1.82) is 0 Å². The quantitative estimate of drug-likeness (QED) is 0.743. The fourth-order valence-electron chi connectivity index (χ4n) is 1.54. The third-order valence-corrected chi connectivity index (χ3v) is 2.80. The summed E-state index contributed by atoms with van der Waals surface area (Å²) < 4.78 is 39.1. The Morgan fingerprint density at radius 3 is 2.50 bits per heavy atom. The molecule has 102 valence electrons. The highest BCUT2D eigenvalue weighted by atomic mass is 35.5. The van der Waals surface area contributed by atoms with E-state index in [9.17, 15) is 18.3 Å². The molecule has 0 saturated carbocycles. The Morgan fingerprint density at radius 2 is 2.00 bits per heavy atom. The number of hydrogen-bond donors (Lipinski definition) is 3. The average molecular weight is 283 g/mol. The molecule has 0 saturated heterocycles. The number of nitrogen functional groups attached to an aromatic ring is 1. The molecule has 3 nitrogen and oxygen atoms in total. The summed E-state index contributed by atoms with van der Waals surface area (Å²) in [6.45, 7) is 1.24. The van der Waals surface area contributed by atoms with Crippen LogP contribution in [0.2, 0.25) is 5.02 Å². The summed E-state index contributed by atoms with van der Waals surface area (Å²) in [7, 11) is 0. The first-order valence-electron chi connectivity index (χ1n) is 5.27. The Bertz CT molecular complexity index is 425. The number of rotatable bonds is 4. The van der Waals surface area contributed by atoms with E-state index in [4.69, 9.17) is 17.3 Å². The molecule has 0 bridgehead atoms. The van der Waals surface area contributed by atoms with Crippen LogP contribution in [0.25, 0.3) is 0 Å². The fraction of sp³-hybridized carbons (Fsp3) is 0.455. The van der Waals surface area contributed by atoms with Gasteiger partial charge in [0.15, 0.2) is 5.60 Å². The summed E-state index contributed by atoms with van der Waals surface area (Å²) >= 11 is 5.65. The molecule has 1 aromatic carbocycles. The summed E-state index contributed by atoms with van der Waals surface area (Å²) in [5, 5.41) is 12.5. The number of nitrogens with two attached hydrogens (primary N) is 1. The van der Waals surface area contributed by atoms with Crippen LogP contribution < -0.4 is 11.1 Å². The number of likely N-dealkylation sites (N-methyl/N-ethyl adjacent to an activating group) is 1. The predicted molar refractivity (Wildman–Crippen MR) is 64.4 cm³/mol. The highest BCUT2D eigenvalue weighted by molar-refractivity contribution is 6.30. The lowest BCUT2D eigenvalue weighted by atomic mass is 9.91. The third kappa shape index (κ3) is 2.88. The summed E-state index contributed by atoms with van der Waals surface area (Å²) in [5.41, 5.74) is 1.84. The summed E-state index contributed by atoms with van der Waals surface area (Å²) in [6, 6.07) is 3.63. The van der Waals surface area contributed by atoms with E-state index in [0.717, 1.165) is 6.07 Å². The first-order valence-corrected chi connectivity index (χ1v) is 5.65. The molecule has 0 spiro atoms. The van der Waals surface area contributed by atoms with E-state index in [2.05, 4.69) is 5.32 Å². The lowest BCUT2D eigenvalue weighted by Gasteiger charge is -2.32. The lowest BCUT2D eigenvalue weighted by Crippen LogP contribution is -2.50. The van der Waals surface area contributed by atoms with Crippen LogP contribution in [0.15, 0.2) is 18.2 Å². The standard InChI is InChI=1S/C11H14ClF3N2O/c1-2-17-6-10(18,11(13,14)15)8-5-7(12)3-4-9(8)16/h3-5,17-18H,2,6,16H2,1H3. The van der Waals surface area contributed by atoms with Gasteiger partial charge in [0.1, 0.15) is 0 Å². The summed E-state index contributed by atoms with van der Waals surface area (Å²) in [5.74, 6) is 0.